The van der Waals surface area contributed by atoms with Gasteiger partial charge in [-0.25, -0.2) is 0 Å². The van der Waals surface area contributed by atoms with Gasteiger partial charge in [0.25, 0.3) is 5.91 Å². The van der Waals surface area contributed by atoms with E-state index in [9.17, 15) is 9.59 Å². The summed E-state index contributed by atoms with van der Waals surface area (Å²) in [5.41, 5.74) is 2.38. The average Bonchev–Trinajstić information content (AvgIpc) is 3.26. The number of aryl methyl sites for hydroxylation is 1. The standard InChI is InChI=1S/C21H14BrNO4/c1-12-6-8-13(9-7-12)19(24)20-18(14-4-2-3-5-15(14)27-20)23-21(25)16-10-11-17(22)26-16/h2-11H,1H3,(H,23,25). The SMILES string of the molecule is Cc1ccc(C(=O)c2oc3ccccc3c2NC(=O)c2ccc(Br)o2)cc1. The molecule has 4 rings (SSSR count). The lowest BCUT2D eigenvalue weighted by atomic mass is 10.1. The number of furan rings is 2. The Balaban J connectivity index is 1.78. The van der Waals surface area contributed by atoms with E-state index in [1.807, 2.05) is 25.1 Å². The second-order valence-corrected chi connectivity index (χ2v) is 6.84. The molecule has 0 saturated heterocycles. The van der Waals surface area contributed by atoms with Crippen LogP contribution in [0.2, 0.25) is 0 Å². The van der Waals surface area contributed by atoms with E-state index in [-0.39, 0.29) is 17.3 Å². The monoisotopic (exact) mass is 423 g/mol. The van der Waals surface area contributed by atoms with Crippen molar-refractivity contribution in [2.75, 3.05) is 5.32 Å². The molecule has 0 radical (unpaired) electrons. The fourth-order valence-electron chi connectivity index (χ4n) is 2.78. The highest BCUT2D eigenvalue weighted by Crippen LogP contribution is 2.33. The van der Waals surface area contributed by atoms with E-state index < -0.39 is 5.91 Å². The van der Waals surface area contributed by atoms with Gasteiger partial charge in [-0.15, -0.1) is 0 Å². The van der Waals surface area contributed by atoms with Crippen molar-refractivity contribution >= 4 is 44.3 Å². The summed E-state index contributed by atoms with van der Waals surface area (Å²) < 4.78 is 11.5. The highest BCUT2D eigenvalue weighted by Gasteiger charge is 2.24. The summed E-state index contributed by atoms with van der Waals surface area (Å²) in [5.74, 6) is -0.563. The van der Waals surface area contributed by atoms with Crippen LogP contribution < -0.4 is 5.32 Å². The van der Waals surface area contributed by atoms with Crippen molar-refractivity contribution in [3.8, 4) is 0 Å². The highest BCUT2D eigenvalue weighted by atomic mass is 79.9. The molecule has 1 amide bonds. The molecule has 27 heavy (non-hydrogen) atoms. The van der Waals surface area contributed by atoms with Crippen LogP contribution in [0.15, 0.2) is 74.2 Å². The average molecular weight is 424 g/mol. The maximum absolute atomic E-state index is 13.0. The van der Waals surface area contributed by atoms with E-state index in [0.717, 1.165) is 5.56 Å². The fraction of sp³-hybridized carbons (Fsp3) is 0.0476. The summed E-state index contributed by atoms with van der Waals surface area (Å²) in [5, 5.41) is 3.40. The van der Waals surface area contributed by atoms with Gasteiger partial charge in [0.2, 0.25) is 5.78 Å². The van der Waals surface area contributed by atoms with Crippen LogP contribution in [-0.4, -0.2) is 11.7 Å². The third-order valence-corrected chi connectivity index (χ3v) is 4.58. The Labute approximate surface area is 163 Å². The Morgan fingerprint density at radius 1 is 0.926 bits per heavy atom. The Morgan fingerprint density at radius 2 is 1.67 bits per heavy atom. The number of carbonyl (C=O) groups excluding carboxylic acids is 2. The third-order valence-electron chi connectivity index (χ3n) is 4.15. The van der Waals surface area contributed by atoms with Crippen molar-refractivity contribution in [3.63, 3.8) is 0 Å². The first-order valence-electron chi connectivity index (χ1n) is 8.22. The lowest BCUT2D eigenvalue weighted by Gasteiger charge is -2.05. The Kier molecular flexibility index (Phi) is 4.41. The summed E-state index contributed by atoms with van der Waals surface area (Å²) in [6.45, 7) is 1.95. The Morgan fingerprint density at radius 3 is 2.37 bits per heavy atom. The van der Waals surface area contributed by atoms with Crippen molar-refractivity contribution < 1.29 is 18.4 Å². The van der Waals surface area contributed by atoms with Gasteiger partial charge in [-0.1, -0.05) is 42.0 Å². The molecule has 0 unspecified atom stereocenters. The van der Waals surface area contributed by atoms with Crippen molar-refractivity contribution in [2.24, 2.45) is 0 Å². The zero-order valence-corrected chi connectivity index (χ0v) is 15.9. The van der Waals surface area contributed by atoms with Crippen molar-refractivity contribution in [1.29, 1.82) is 0 Å². The maximum atomic E-state index is 13.0. The summed E-state index contributed by atoms with van der Waals surface area (Å²) in [4.78, 5) is 25.5. The summed E-state index contributed by atoms with van der Waals surface area (Å²) in [6.07, 6.45) is 0. The number of carbonyl (C=O) groups is 2. The van der Waals surface area contributed by atoms with Gasteiger partial charge in [0, 0.05) is 10.9 Å². The van der Waals surface area contributed by atoms with Crippen LogP contribution in [0.3, 0.4) is 0 Å². The predicted octanol–water partition coefficient (Wildman–Crippen LogP) is 5.58. The second-order valence-electron chi connectivity index (χ2n) is 6.06. The van der Waals surface area contributed by atoms with E-state index in [0.29, 0.717) is 26.9 Å². The molecular formula is C21H14BrNO4. The molecule has 134 valence electrons. The molecule has 2 aromatic carbocycles. The maximum Gasteiger partial charge on any atom is 0.291 e. The molecule has 4 aromatic rings. The van der Waals surface area contributed by atoms with Crippen LogP contribution in [0.1, 0.15) is 32.2 Å². The largest absolute Gasteiger partial charge is 0.450 e. The van der Waals surface area contributed by atoms with Gasteiger partial charge in [0.1, 0.15) is 5.58 Å². The summed E-state index contributed by atoms with van der Waals surface area (Å²) in [7, 11) is 0. The molecule has 1 N–H and O–H groups in total. The Hall–Kier alpha value is -3.12. The van der Waals surface area contributed by atoms with Crippen LogP contribution in [0, 0.1) is 6.92 Å². The number of amides is 1. The van der Waals surface area contributed by atoms with Gasteiger partial charge in [0.15, 0.2) is 16.2 Å². The van der Waals surface area contributed by atoms with E-state index in [1.54, 1.807) is 42.5 Å². The van der Waals surface area contributed by atoms with Crippen LogP contribution in [0.5, 0.6) is 0 Å². The van der Waals surface area contributed by atoms with Gasteiger partial charge >= 0.3 is 0 Å². The van der Waals surface area contributed by atoms with Crippen LogP contribution in [-0.2, 0) is 0 Å². The van der Waals surface area contributed by atoms with Crippen molar-refractivity contribution in [2.45, 2.75) is 6.92 Å². The van der Waals surface area contributed by atoms with Crippen molar-refractivity contribution in [3.05, 3.63) is 88.0 Å². The molecule has 0 atom stereocenters. The molecule has 0 saturated carbocycles. The highest BCUT2D eigenvalue weighted by molar-refractivity contribution is 9.10. The number of anilines is 1. The first-order valence-corrected chi connectivity index (χ1v) is 9.02. The topological polar surface area (TPSA) is 72.5 Å². The zero-order chi connectivity index (χ0) is 19.0. The fourth-order valence-corrected chi connectivity index (χ4v) is 3.08. The van der Waals surface area contributed by atoms with Gasteiger partial charge in [-0.2, -0.15) is 0 Å². The molecule has 0 aliphatic carbocycles. The van der Waals surface area contributed by atoms with Gasteiger partial charge in [-0.05, 0) is 47.1 Å². The molecule has 0 fully saturated rings. The minimum Gasteiger partial charge on any atom is -0.450 e. The minimum atomic E-state index is -0.467. The smallest absolute Gasteiger partial charge is 0.291 e. The molecule has 0 bridgehead atoms. The molecule has 6 heteroatoms. The molecule has 0 aliphatic heterocycles. The minimum absolute atomic E-state index is 0.0824. The van der Waals surface area contributed by atoms with Gasteiger partial charge in [0.05, 0.1) is 5.69 Å². The predicted molar refractivity (Wildman–Crippen MR) is 105 cm³/mol. The van der Waals surface area contributed by atoms with E-state index in [1.165, 1.54) is 0 Å². The number of nitrogens with one attached hydrogen (secondary N) is 1. The second kappa shape index (κ2) is 6.89. The number of hydrogen-bond acceptors (Lipinski definition) is 4. The van der Waals surface area contributed by atoms with Crippen LogP contribution >= 0.6 is 15.9 Å². The molecule has 0 spiro atoms. The quantitative estimate of drug-likeness (QED) is 0.434. The number of hydrogen-bond donors (Lipinski definition) is 1. The zero-order valence-electron chi connectivity index (χ0n) is 14.3. The number of halogens is 1. The van der Waals surface area contributed by atoms with Gasteiger partial charge in [-0.3, -0.25) is 9.59 Å². The lowest BCUT2D eigenvalue weighted by molar-refractivity contribution is 0.0995. The number of para-hydroxylation sites is 1. The number of ketones is 1. The van der Waals surface area contributed by atoms with E-state index >= 15 is 0 Å². The van der Waals surface area contributed by atoms with Crippen LogP contribution in [0.25, 0.3) is 11.0 Å². The lowest BCUT2D eigenvalue weighted by Crippen LogP contribution is -2.13. The summed E-state index contributed by atoms with van der Waals surface area (Å²) in [6, 6.07) is 17.5. The van der Waals surface area contributed by atoms with E-state index in [4.69, 9.17) is 8.83 Å². The first-order chi connectivity index (χ1) is 13.0. The Bertz CT molecular complexity index is 1150. The van der Waals surface area contributed by atoms with Crippen molar-refractivity contribution in [1.82, 2.24) is 0 Å². The normalized spacial score (nSPS) is 10.9. The molecular weight excluding hydrogens is 410 g/mol. The van der Waals surface area contributed by atoms with Crippen LogP contribution in [0.4, 0.5) is 5.69 Å². The van der Waals surface area contributed by atoms with Gasteiger partial charge < -0.3 is 14.2 Å². The first kappa shape index (κ1) is 17.3. The number of fused-ring (bicyclic) bond motifs is 1. The molecule has 2 heterocycles. The summed E-state index contributed by atoms with van der Waals surface area (Å²) >= 11 is 3.17. The number of benzene rings is 2. The molecule has 0 aliphatic rings. The van der Waals surface area contributed by atoms with E-state index in [2.05, 4.69) is 21.2 Å². The molecule has 5 nitrogen and oxygen atoms in total. The third kappa shape index (κ3) is 3.31. The number of rotatable bonds is 4. The molecule has 2 aromatic heterocycles.